The Labute approximate surface area is 103 Å². The molecule has 0 bridgehead atoms. The van der Waals surface area contributed by atoms with Crippen LogP contribution in [0.1, 0.15) is 11.1 Å². The van der Waals surface area contributed by atoms with E-state index >= 15 is 0 Å². The highest BCUT2D eigenvalue weighted by Gasteiger charge is 2.01. The number of alkyl halides is 1. The maximum Gasteiger partial charge on any atom is 0.123 e. The largest absolute Gasteiger partial charge is 0.489 e. The average molecular weight is 278 g/mol. The van der Waals surface area contributed by atoms with Crippen molar-refractivity contribution in [3.63, 3.8) is 0 Å². The summed E-state index contributed by atoms with van der Waals surface area (Å²) < 4.78 is 5.74. The first kappa shape index (κ1) is 11.1. The van der Waals surface area contributed by atoms with Gasteiger partial charge in [0, 0.05) is 28.9 Å². The van der Waals surface area contributed by atoms with Crippen LogP contribution in [-0.2, 0) is 11.9 Å². The van der Waals surface area contributed by atoms with E-state index in [4.69, 9.17) is 4.74 Å². The van der Waals surface area contributed by atoms with Gasteiger partial charge in [-0.1, -0.05) is 40.2 Å². The molecule has 0 N–H and O–H groups in total. The van der Waals surface area contributed by atoms with Crippen LogP contribution in [0.4, 0.5) is 0 Å². The van der Waals surface area contributed by atoms with Crippen LogP contribution in [0.2, 0.25) is 0 Å². The minimum Gasteiger partial charge on any atom is -0.489 e. The van der Waals surface area contributed by atoms with Gasteiger partial charge in [0.25, 0.3) is 0 Å². The normalized spacial score (nSPS) is 10.1. The van der Waals surface area contributed by atoms with E-state index < -0.39 is 0 Å². The van der Waals surface area contributed by atoms with Crippen LogP contribution in [0.15, 0.2) is 48.8 Å². The van der Waals surface area contributed by atoms with Crippen molar-refractivity contribution in [3.05, 3.63) is 59.9 Å². The predicted molar refractivity (Wildman–Crippen MR) is 67.6 cm³/mol. The maximum absolute atomic E-state index is 5.74. The molecule has 0 amide bonds. The molecule has 0 aliphatic carbocycles. The number of nitrogens with zero attached hydrogens (tertiary/aromatic N) is 1. The molecule has 82 valence electrons. The zero-order valence-electron chi connectivity index (χ0n) is 8.77. The van der Waals surface area contributed by atoms with E-state index in [9.17, 15) is 0 Å². The number of hydrogen-bond acceptors (Lipinski definition) is 2. The first-order chi connectivity index (χ1) is 7.90. The van der Waals surface area contributed by atoms with Gasteiger partial charge in [0.05, 0.1) is 0 Å². The quantitative estimate of drug-likeness (QED) is 0.798. The van der Waals surface area contributed by atoms with Crippen molar-refractivity contribution in [3.8, 4) is 5.75 Å². The summed E-state index contributed by atoms with van der Waals surface area (Å²) in [6.07, 6.45) is 3.58. The number of halogens is 1. The lowest BCUT2D eigenvalue weighted by atomic mass is 10.2. The fourth-order valence-electron chi connectivity index (χ4n) is 1.40. The molecular weight excluding hydrogens is 266 g/mol. The topological polar surface area (TPSA) is 22.1 Å². The van der Waals surface area contributed by atoms with E-state index in [1.54, 1.807) is 6.20 Å². The van der Waals surface area contributed by atoms with Crippen molar-refractivity contribution < 1.29 is 4.74 Å². The van der Waals surface area contributed by atoms with E-state index in [1.165, 1.54) is 0 Å². The zero-order valence-corrected chi connectivity index (χ0v) is 10.4. The first-order valence-electron chi connectivity index (χ1n) is 5.05. The van der Waals surface area contributed by atoms with Crippen LogP contribution in [0.5, 0.6) is 5.75 Å². The van der Waals surface area contributed by atoms with Crippen LogP contribution in [-0.4, -0.2) is 4.98 Å². The van der Waals surface area contributed by atoms with Gasteiger partial charge >= 0.3 is 0 Å². The fraction of sp³-hybridized carbons (Fsp3) is 0.154. The Morgan fingerprint density at radius 1 is 1.12 bits per heavy atom. The van der Waals surface area contributed by atoms with E-state index in [2.05, 4.69) is 20.9 Å². The van der Waals surface area contributed by atoms with Gasteiger partial charge in [-0.05, 0) is 12.1 Å². The van der Waals surface area contributed by atoms with Crippen molar-refractivity contribution in [1.82, 2.24) is 4.98 Å². The van der Waals surface area contributed by atoms with Crippen molar-refractivity contribution in [2.45, 2.75) is 11.9 Å². The number of benzene rings is 1. The Morgan fingerprint density at radius 2 is 2.00 bits per heavy atom. The summed E-state index contributed by atoms with van der Waals surface area (Å²) in [7, 11) is 0. The van der Waals surface area contributed by atoms with E-state index in [0.717, 1.165) is 22.2 Å². The molecule has 0 saturated heterocycles. The Kier molecular flexibility index (Phi) is 3.94. The molecule has 2 nitrogen and oxygen atoms in total. The number of ether oxygens (including phenoxy) is 1. The van der Waals surface area contributed by atoms with E-state index in [1.807, 2.05) is 42.6 Å². The van der Waals surface area contributed by atoms with Gasteiger partial charge in [-0.25, -0.2) is 0 Å². The van der Waals surface area contributed by atoms with Gasteiger partial charge in [-0.2, -0.15) is 0 Å². The van der Waals surface area contributed by atoms with Gasteiger partial charge in [0.1, 0.15) is 12.4 Å². The second kappa shape index (κ2) is 5.66. The molecule has 0 unspecified atom stereocenters. The number of para-hydroxylation sites is 1. The van der Waals surface area contributed by atoms with E-state index in [-0.39, 0.29) is 0 Å². The molecule has 3 heteroatoms. The molecule has 1 heterocycles. The lowest BCUT2D eigenvalue weighted by molar-refractivity contribution is 0.303. The molecule has 0 fully saturated rings. The highest BCUT2D eigenvalue weighted by Crippen LogP contribution is 2.21. The maximum atomic E-state index is 5.74. The lowest BCUT2D eigenvalue weighted by Crippen LogP contribution is -1.97. The van der Waals surface area contributed by atoms with Gasteiger partial charge in [-0.15, -0.1) is 0 Å². The smallest absolute Gasteiger partial charge is 0.123 e. The minimum atomic E-state index is 0.553. The Balaban J connectivity index is 2.05. The summed E-state index contributed by atoms with van der Waals surface area (Å²) >= 11 is 3.44. The van der Waals surface area contributed by atoms with Gasteiger partial charge in [-0.3, -0.25) is 4.98 Å². The molecule has 2 rings (SSSR count). The van der Waals surface area contributed by atoms with Gasteiger partial charge < -0.3 is 4.74 Å². The predicted octanol–water partition coefficient (Wildman–Crippen LogP) is 3.56. The molecular formula is C13H12BrNO. The summed E-state index contributed by atoms with van der Waals surface area (Å²) in [4.78, 5) is 4.05. The molecule has 0 atom stereocenters. The molecule has 16 heavy (non-hydrogen) atoms. The number of hydrogen-bond donors (Lipinski definition) is 0. The summed E-state index contributed by atoms with van der Waals surface area (Å²) in [6, 6.07) is 11.9. The zero-order chi connectivity index (χ0) is 11.2. The summed E-state index contributed by atoms with van der Waals surface area (Å²) in [5, 5.41) is 0.802. The lowest BCUT2D eigenvalue weighted by Gasteiger charge is -2.09. The molecule has 0 spiro atoms. The highest BCUT2D eigenvalue weighted by molar-refractivity contribution is 9.08. The highest BCUT2D eigenvalue weighted by atomic mass is 79.9. The van der Waals surface area contributed by atoms with Crippen LogP contribution >= 0.6 is 15.9 Å². The van der Waals surface area contributed by atoms with Gasteiger partial charge in [0.15, 0.2) is 0 Å². The average Bonchev–Trinajstić information content (AvgIpc) is 2.38. The molecule has 1 aromatic carbocycles. The van der Waals surface area contributed by atoms with Crippen LogP contribution in [0, 0.1) is 0 Å². The minimum absolute atomic E-state index is 0.553. The number of pyridine rings is 1. The SMILES string of the molecule is BrCc1ccccc1OCc1cccnc1. The molecule has 0 aliphatic rings. The summed E-state index contributed by atoms with van der Waals surface area (Å²) in [5.74, 6) is 0.920. The fourth-order valence-corrected chi connectivity index (χ4v) is 1.86. The molecule has 2 aromatic rings. The number of rotatable bonds is 4. The third-order valence-electron chi connectivity index (χ3n) is 2.23. The number of aromatic nitrogens is 1. The van der Waals surface area contributed by atoms with Crippen molar-refractivity contribution in [1.29, 1.82) is 0 Å². The van der Waals surface area contributed by atoms with Crippen LogP contribution < -0.4 is 4.74 Å². The monoisotopic (exact) mass is 277 g/mol. The van der Waals surface area contributed by atoms with Crippen LogP contribution in [0.25, 0.3) is 0 Å². The third kappa shape index (κ3) is 2.83. The Hall–Kier alpha value is -1.35. The second-order valence-corrected chi connectivity index (χ2v) is 3.95. The molecule has 0 saturated carbocycles. The van der Waals surface area contributed by atoms with Crippen molar-refractivity contribution in [2.24, 2.45) is 0 Å². The van der Waals surface area contributed by atoms with E-state index in [0.29, 0.717) is 6.61 Å². The Bertz CT molecular complexity index is 445. The summed E-state index contributed by atoms with van der Waals surface area (Å²) in [5.41, 5.74) is 2.23. The Morgan fingerprint density at radius 3 is 2.75 bits per heavy atom. The standard InChI is InChI=1S/C13H12BrNO/c14-8-12-5-1-2-6-13(12)16-10-11-4-3-7-15-9-11/h1-7,9H,8,10H2. The molecule has 0 aliphatic heterocycles. The van der Waals surface area contributed by atoms with Crippen molar-refractivity contribution >= 4 is 15.9 Å². The van der Waals surface area contributed by atoms with Crippen LogP contribution in [0.3, 0.4) is 0 Å². The molecule has 1 aromatic heterocycles. The van der Waals surface area contributed by atoms with Gasteiger partial charge in [0.2, 0.25) is 0 Å². The second-order valence-electron chi connectivity index (χ2n) is 3.39. The molecule has 0 radical (unpaired) electrons. The summed E-state index contributed by atoms with van der Waals surface area (Å²) in [6.45, 7) is 0.553. The third-order valence-corrected chi connectivity index (χ3v) is 2.84. The first-order valence-corrected chi connectivity index (χ1v) is 6.18. The van der Waals surface area contributed by atoms with Crippen molar-refractivity contribution in [2.75, 3.05) is 0 Å².